The molecule has 0 aliphatic heterocycles. The second kappa shape index (κ2) is 10.4. The Morgan fingerprint density at radius 2 is 1.60 bits per heavy atom. The molecule has 5 heteroatoms. The van der Waals surface area contributed by atoms with Gasteiger partial charge >= 0.3 is 6.03 Å². The van der Waals surface area contributed by atoms with Crippen LogP contribution in [0.5, 0.6) is 5.75 Å². The molecule has 0 aliphatic carbocycles. The summed E-state index contributed by atoms with van der Waals surface area (Å²) in [6.45, 7) is 1.27. The summed E-state index contributed by atoms with van der Waals surface area (Å²) in [6.07, 6.45) is 3.94. The molecular formula is C20H26N2O3. The molecule has 2 rings (SSSR count). The topological polar surface area (TPSA) is 61.8 Å². The van der Waals surface area contributed by atoms with Crippen LogP contribution in [0.15, 0.2) is 54.6 Å². The second-order valence-electron chi connectivity index (χ2n) is 5.91. The number of ether oxygens (including phenoxy) is 1. The van der Waals surface area contributed by atoms with Crippen molar-refractivity contribution in [3.05, 3.63) is 54.6 Å². The summed E-state index contributed by atoms with van der Waals surface area (Å²) in [6, 6.07) is 18.0. The largest absolute Gasteiger partial charge is 0.494 e. The standard InChI is InChI=1S/C20H26N2O3/c1-22(24)20(23)21-15-7-2-3-8-16-25-19-13-11-18(12-14-19)17-9-5-4-6-10-17/h4-6,9-14,24H,2-3,7-8,15-16H2,1H3,(H,21,23). The number of hydrogen-bond acceptors (Lipinski definition) is 3. The number of unbranched alkanes of at least 4 members (excludes halogenated alkanes) is 3. The lowest BCUT2D eigenvalue weighted by Gasteiger charge is -2.10. The zero-order valence-electron chi connectivity index (χ0n) is 14.6. The van der Waals surface area contributed by atoms with E-state index in [2.05, 4.69) is 29.6 Å². The molecule has 25 heavy (non-hydrogen) atoms. The van der Waals surface area contributed by atoms with E-state index in [0.717, 1.165) is 31.4 Å². The van der Waals surface area contributed by atoms with Crippen LogP contribution in [0.2, 0.25) is 0 Å². The summed E-state index contributed by atoms with van der Waals surface area (Å²) >= 11 is 0. The summed E-state index contributed by atoms with van der Waals surface area (Å²) < 4.78 is 5.76. The number of rotatable bonds is 9. The van der Waals surface area contributed by atoms with Gasteiger partial charge in [-0.25, -0.2) is 9.86 Å². The number of hydrogen-bond donors (Lipinski definition) is 2. The molecule has 0 bridgehead atoms. The maximum atomic E-state index is 11.1. The summed E-state index contributed by atoms with van der Waals surface area (Å²) in [5.74, 6) is 0.887. The smallest absolute Gasteiger partial charge is 0.340 e. The Labute approximate surface area is 149 Å². The molecule has 0 aliphatic rings. The maximum Gasteiger partial charge on any atom is 0.340 e. The van der Waals surface area contributed by atoms with E-state index in [0.29, 0.717) is 18.2 Å². The summed E-state index contributed by atoms with van der Waals surface area (Å²) in [5.41, 5.74) is 2.39. The van der Waals surface area contributed by atoms with Gasteiger partial charge in [-0.3, -0.25) is 5.21 Å². The SMILES string of the molecule is CN(O)C(=O)NCCCCCCOc1ccc(-c2ccccc2)cc1. The third kappa shape index (κ3) is 6.85. The molecule has 0 fully saturated rings. The molecule has 5 nitrogen and oxygen atoms in total. The van der Waals surface area contributed by atoms with Gasteiger partial charge < -0.3 is 10.1 Å². The first kappa shape index (κ1) is 18.8. The van der Waals surface area contributed by atoms with E-state index in [-0.39, 0.29) is 0 Å². The fraction of sp³-hybridized carbons (Fsp3) is 0.350. The van der Waals surface area contributed by atoms with Gasteiger partial charge in [-0.2, -0.15) is 0 Å². The Hall–Kier alpha value is -2.53. The molecule has 0 aromatic heterocycles. The van der Waals surface area contributed by atoms with Crippen LogP contribution in [0.1, 0.15) is 25.7 Å². The predicted molar refractivity (Wildman–Crippen MR) is 98.8 cm³/mol. The van der Waals surface area contributed by atoms with E-state index in [1.54, 1.807) is 0 Å². The van der Waals surface area contributed by atoms with Gasteiger partial charge in [0.15, 0.2) is 0 Å². The Morgan fingerprint density at radius 3 is 2.28 bits per heavy atom. The molecule has 2 aromatic carbocycles. The van der Waals surface area contributed by atoms with Crippen LogP contribution in [0.3, 0.4) is 0 Å². The van der Waals surface area contributed by atoms with Crippen molar-refractivity contribution < 1.29 is 14.7 Å². The molecule has 0 radical (unpaired) electrons. The van der Waals surface area contributed by atoms with Crippen LogP contribution in [0, 0.1) is 0 Å². The zero-order valence-corrected chi connectivity index (χ0v) is 14.6. The van der Waals surface area contributed by atoms with E-state index in [9.17, 15) is 4.79 Å². The van der Waals surface area contributed by atoms with E-state index >= 15 is 0 Å². The van der Waals surface area contributed by atoms with Gasteiger partial charge in [-0.05, 0) is 36.1 Å². The number of hydroxylamine groups is 2. The van der Waals surface area contributed by atoms with Gasteiger partial charge in [0.2, 0.25) is 0 Å². The molecule has 2 N–H and O–H groups in total. The average molecular weight is 342 g/mol. The highest BCUT2D eigenvalue weighted by Gasteiger charge is 2.02. The molecule has 0 unspecified atom stereocenters. The van der Waals surface area contributed by atoms with Crippen molar-refractivity contribution in [2.75, 3.05) is 20.2 Å². The van der Waals surface area contributed by atoms with Crippen molar-refractivity contribution in [3.63, 3.8) is 0 Å². The predicted octanol–water partition coefficient (Wildman–Crippen LogP) is 4.32. The number of urea groups is 1. The Balaban J connectivity index is 1.57. The lowest BCUT2D eigenvalue weighted by Crippen LogP contribution is -2.35. The first-order chi connectivity index (χ1) is 12.2. The zero-order chi connectivity index (χ0) is 17.9. The first-order valence-corrected chi connectivity index (χ1v) is 8.65. The number of benzene rings is 2. The van der Waals surface area contributed by atoms with Crippen molar-refractivity contribution in [1.29, 1.82) is 0 Å². The number of nitrogens with zero attached hydrogens (tertiary/aromatic N) is 1. The number of nitrogens with one attached hydrogen (secondary N) is 1. The lowest BCUT2D eigenvalue weighted by molar-refractivity contribution is -0.0182. The van der Waals surface area contributed by atoms with Crippen molar-refractivity contribution >= 4 is 6.03 Å². The van der Waals surface area contributed by atoms with Crippen molar-refractivity contribution in [2.45, 2.75) is 25.7 Å². The van der Waals surface area contributed by atoms with Crippen LogP contribution in [-0.2, 0) is 0 Å². The van der Waals surface area contributed by atoms with E-state index in [4.69, 9.17) is 9.94 Å². The maximum absolute atomic E-state index is 11.1. The van der Waals surface area contributed by atoms with Crippen molar-refractivity contribution in [2.24, 2.45) is 0 Å². The van der Waals surface area contributed by atoms with Crippen LogP contribution in [0.4, 0.5) is 4.79 Å². The van der Waals surface area contributed by atoms with Crippen molar-refractivity contribution in [3.8, 4) is 16.9 Å². The molecule has 0 saturated heterocycles. The highest BCUT2D eigenvalue weighted by molar-refractivity contribution is 5.72. The van der Waals surface area contributed by atoms with Gasteiger partial charge in [0, 0.05) is 13.6 Å². The quantitative estimate of drug-likeness (QED) is 0.405. The minimum atomic E-state index is -0.470. The van der Waals surface area contributed by atoms with Crippen LogP contribution in [0.25, 0.3) is 11.1 Å². The van der Waals surface area contributed by atoms with E-state index in [1.807, 2.05) is 30.3 Å². The summed E-state index contributed by atoms with van der Waals surface area (Å²) in [5, 5.41) is 12.1. The first-order valence-electron chi connectivity index (χ1n) is 8.65. The molecule has 2 amide bonds. The Bertz CT molecular complexity index is 627. The van der Waals surface area contributed by atoms with Crippen LogP contribution in [-0.4, -0.2) is 36.5 Å². The highest BCUT2D eigenvalue weighted by Crippen LogP contribution is 2.22. The average Bonchev–Trinajstić information content (AvgIpc) is 2.65. The molecular weight excluding hydrogens is 316 g/mol. The van der Waals surface area contributed by atoms with E-state index < -0.39 is 6.03 Å². The van der Waals surface area contributed by atoms with Crippen molar-refractivity contribution in [1.82, 2.24) is 10.4 Å². The Kier molecular flexibility index (Phi) is 7.79. The Morgan fingerprint density at radius 1 is 0.960 bits per heavy atom. The number of amides is 2. The molecule has 2 aromatic rings. The summed E-state index contributed by atoms with van der Waals surface area (Å²) in [7, 11) is 1.30. The normalized spacial score (nSPS) is 10.3. The molecule has 0 atom stereocenters. The van der Waals surface area contributed by atoms with Gasteiger partial charge in [0.25, 0.3) is 0 Å². The van der Waals surface area contributed by atoms with Gasteiger partial charge in [-0.15, -0.1) is 0 Å². The monoisotopic (exact) mass is 342 g/mol. The fourth-order valence-electron chi connectivity index (χ4n) is 2.45. The number of carbonyl (C=O) groups is 1. The third-order valence-corrected chi connectivity index (χ3v) is 3.87. The summed E-state index contributed by atoms with van der Waals surface area (Å²) in [4.78, 5) is 11.1. The molecule has 134 valence electrons. The molecule has 0 heterocycles. The number of carbonyl (C=O) groups excluding carboxylic acids is 1. The van der Waals surface area contributed by atoms with E-state index in [1.165, 1.54) is 18.2 Å². The molecule has 0 spiro atoms. The minimum absolute atomic E-state index is 0.470. The van der Waals surface area contributed by atoms with Gasteiger partial charge in [0.1, 0.15) is 5.75 Å². The fourth-order valence-corrected chi connectivity index (χ4v) is 2.45. The highest BCUT2D eigenvalue weighted by atomic mass is 16.5. The molecule has 0 saturated carbocycles. The van der Waals surface area contributed by atoms with Gasteiger partial charge in [0.05, 0.1) is 6.61 Å². The van der Waals surface area contributed by atoms with Gasteiger partial charge in [-0.1, -0.05) is 55.3 Å². The second-order valence-corrected chi connectivity index (χ2v) is 5.91. The van der Waals surface area contributed by atoms with Crippen LogP contribution < -0.4 is 10.1 Å². The minimum Gasteiger partial charge on any atom is -0.494 e. The third-order valence-electron chi connectivity index (χ3n) is 3.87. The van der Waals surface area contributed by atoms with Crippen LogP contribution >= 0.6 is 0 Å². The lowest BCUT2D eigenvalue weighted by atomic mass is 10.1.